The summed E-state index contributed by atoms with van der Waals surface area (Å²) in [5.41, 5.74) is 6.00. The van der Waals surface area contributed by atoms with Crippen LogP contribution in [0, 0.1) is 5.92 Å². The van der Waals surface area contributed by atoms with Crippen molar-refractivity contribution in [2.45, 2.75) is 31.1 Å². The molecular formula is C13H19ClN2O2S. The molecule has 0 aliphatic carbocycles. The standard InChI is InChI=1S/C13H19ClN2O2S/c1-2-10-5-7-16(8-6-10)19(17,18)11-3-4-13(15)12(14)9-11/h3-4,9-10H,2,5-8,15H2,1H3. The van der Waals surface area contributed by atoms with E-state index in [0.29, 0.717) is 24.7 Å². The van der Waals surface area contributed by atoms with E-state index in [0.717, 1.165) is 19.3 Å². The first kappa shape index (κ1) is 14.6. The number of hydrogen-bond donors (Lipinski definition) is 1. The lowest BCUT2D eigenvalue weighted by Crippen LogP contribution is -2.38. The van der Waals surface area contributed by atoms with Crippen molar-refractivity contribution in [3.63, 3.8) is 0 Å². The Hall–Kier alpha value is -0.780. The van der Waals surface area contributed by atoms with E-state index in [1.165, 1.54) is 18.2 Å². The van der Waals surface area contributed by atoms with Gasteiger partial charge >= 0.3 is 0 Å². The summed E-state index contributed by atoms with van der Waals surface area (Å²) in [5, 5.41) is 0.282. The average molecular weight is 303 g/mol. The first-order chi connectivity index (χ1) is 8.95. The van der Waals surface area contributed by atoms with Crippen LogP contribution in [-0.4, -0.2) is 25.8 Å². The van der Waals surface area contributed by atoms with Crippen LogP contribution in [0.2, 0.25) is 5.02 Å². The van der Waals surface area contributed by atoms with E-state index in [2.05, 4.69) is 6.92 Å². The first-order valence-electron chi connectivity index (χ1n) is 6.50. The maximum absolute atomic E-state index is 12.5. The lowest BCUT2D eigenvalue weighted by atomic mass is 9.96. The molecule has 0 radical (unpaired) electrons. The highest BCUT2D eigenvalue weighted by Gasteiger charge is 2.29. The maximum atomic E-state index is 12.5. The van der Waals surface area contributed by atoms with Crippen molar-refractivity contribution in [3.05, 3.63) is 23.2 Å². The SMILES string of the molecule is CCC1CCN(S(=O)(=O)c2ccc(N)c(Cl)c2)CC1. The van der Waals surface area contributed by atoms with E-state index in [9.17, 15) is 8.42 Å². The lowest BCUT2D eigenvalue weighted by Gasteiger charge is -2.30. The van der Waals surface area contributed by atoms with Gasteiger partial charge in [-0.05, 0) is 37.0 Å². The van der Waals surface area contributed by atoms with E-state index in [-0.39, 0.29) is 9.92 Å². The van der Waals surface area contributed by atoms with Gasteiger partial charge < -0.3 is 5.73 Å². The molecule has 2 rings (SSSR count). The molecule has 2 N–H and O–H groups in total. The van der Waals surface area contributed by atoms with Crippen LogP contribution >= 0.6 is 11.6 Å². The second-order valence-electron chi connectivity index (χ2n) is 4.94. The fraction of sp³-hybridized carbons (Fsp3) is 0.538. The van der Waals surface area contributed by atoms with Crippen molar-refractivity contribution in [1.82, 2.24) is 4.31 Å². The molecule has 1 aliphatic heterocycles. The molecule has 0 unspecified atom stereocenters. The van der Waals surface area contributed by atoms with Crippen LogP contribution < -0.4 is 5.73 Å². The predicted molar refractivity (Wildman–Crippen MR) is 77.6 cm³/mol. The first-order valence-corrected chi connectivity index (χ1v) is 8.32. The molecule has 0 saturated carbocycles. The van der Waals surface area contributed by atoms with Crippen molar-refractivity contribution < 1.29 is 8.42 Å². The smallest absolute Gasteiger partial charge is 0.243 e. The summed E-state index contributed by atoms with van der Waals surface area (Å²) in [4.78, 5) is 0.224. The van der Waals surface area contributed by atoms with E-state index >= 15 is 0 Å². The highest BCUT2D eigenvalue weighted by Crippen LogP contribution is 2.28. The zero-order valence-electron chi connectivity index (χ0n) is 11.0. The van der Waals surface area contributed by atoms with Crippen LogP contribution in [-0.2, 0) is 10.0 Å². The zero-order valence-corrected chi connectivity index (χ0v) is 12.5. The molecule has 0 amide bonds. The monoisotopic (exact) mass is 302 g/mol. The number of halogens is 1. The second kappa shape index (κ2) is 5.69. The lowest BCUT2D eigenvalue weighted by molar-refractivity contribution is 0.269. The van der Waals surface area contributed by atoms with Crippen molar-refractivity contribution in [3.8, 4) is 0 Å². The van der Waals surface area contributed by atoms with E-state index in [1.807, 2.05) is 0 Å². The number of piperidine rings is 1. The van der Waals surface area contributed by atoms with E-state index in [4.69, 9.17) is 17.3 Å². The molecule has 1 aromatic carbocycles. The van der Waals surface area contributed by atoms with Gasteiger partial charge in [0.05, 0.1) is 15.6 Å². The minimum atomic E-state index is -3.44. The van der Waals surface area contributed by atoms with Gasteiger partial charge in [0.15, 0.2) is 0 Å². The molecular weight excluding hydrogens is 284 g/mol. The number of sulfonamides is 1. The molecule has 0 bridgehead atoms. The second-order valence-corrected chi connectivity index (χ2v) is 7.28. The van der Waals surface area contributed by atoms with Gasteiger partial charge in [-0.25, -0.2) is 8.42 Å². The number of nitrogens with two attached hydrogens (primary N) is 1. The number of nitrogen functional groups attached to an aromatic ring is 1. The molecule has 0 aromatic heterocycles. The molecule has 19 heavy (non-hydrogen) atoms. The minimum Gasteiger partial charge on any atom is -0.398 e. The Morgan fingerprint density at radius 1 is 1.37 bits per heavy atom. The Balaban J connectivity index is 2.21. The summed E-state index contributed by atoms with van der Waals surface area (Å²) in [5.74, 6) is 0.640. The van der Waals surface area contributed by atoms with Crippen LogP contribution in [0.5, 0.6) is 0 Å². The fourth-order valence-corrected chi connectivity index (χ4v) is 4.12. The van der Waals surface area contributed by atoms with Gasteiger partial charge in [0.25, 0.3) is 0 Å². The number of rotatable bonds is 3. The number of benzene rings is 1. The van der Waals surface area contributed by atoms with Gasteiger partial charge in [-0.15, -0.1) is 0 Å². The number of nitrogens with zero attached hydrogens (tertiary/aromatic N) is 1. The molecule has 1 aliphatic rings. The molecule has 1 heterocycles. The summed E-state index contributed by atoms with van der Waals surface area (Å²) < 4.78 is 26.5. The van der Waals surface area contributed by atoms with Crippen LogP contribution in [0.3, 0.4) is 0 Å². The molecule has 6 heteroatoms. The van der Waals surface area contributed by atoms with E-state index < -0.39 is 10.0 Å². The number of hydrogen-bond acceptors (Lipinski definition) is 3. The average Bonchev–Trinajstić information content (AvgIpc) is 2.41. The third-order valence-electron chi connectivity index (χ3n) is 3.76. The molecule has 106 valence electrons. The predicted octanol–water partition coefficient (Wildman–Crippen LogP) is 2.73. The third-order valence-corrected chi connectivity index (χ3v) is 5.98. The highest BCUT2D eigenvalue weighted by atomic mass is 35.5. The highest BCUT2D eigenvalue weighted by molar-refractivity contribution is 7.89. The maximum Gasteiger partial charge on any atom is 0.243 e. The van der Waals surface area contributed by atoms with Crippen LogP contribution in [0.1, 0.15) is 26.2 Å². The topological polar surface area (TPSA) is 63.4 Å². The molecule has 0 atom stereocenters. The van der Waals surface area contributed by atoms with Crippen LogP contribution in [0.4, 0.5) is 5.69 Å². The molecule has 1 fully saturated rings. The van der Waals surface area contributed by atoms with Crippen molar-refractivity contribution in [2.24, 2.45) is 5.92 Å². The fourth-order valence-electron chi connectivity index (χ4n) is 2.38. The van der Waals surface area contributed by atoms with Crippen molar-refractivity contribution in [2.75, 3.05) is 18.8 Å². The van der Waals surface area contributed by atoms with Gasteiger partial charge in [-0.2, -0.15) is 4.31 Å². The van der Waals surface area contributed by atoms with Crippen LogP contribution in [0.15, 0.2) is 23.1 Å². The normalized spacial score (nSPS) is 18.6. The van der Waals surface area contributed by atoms with Gasteiger partial charge in [0, 0.05) is 13.1 Å². The quantitative estimate of drug-likeness (QED) is 0.873. The van der Waals surface area contributed by atoms with Gasteiger partial charge in [0.1, 0.15) is 0 Å². The van der Waals surface area contributed by atoms with Crippen LogP contribution in [0.25, 0.3) is 0 Å². The van der Waals surface area contributed by atoms with E-state index in [1.54, 1.807) is 4.31 Å². The Bertz CT molecular complexity index is 552. The van der Waals surface area contributed by atoms with Gasteiger partial charge in [0.2, 0.25) is 10.0 Å². The Morgan fingerprint density at radius 3 is 2.53 bits per heavy atom. The largest absolute Gasteiger partial charge is 0.398 e. The summed E-state index contributed by atoms with van der Waals surface area (Å²) in [6, 6.07) is 4.48. The molecule has 1 aromatic rings. The number of anilines is 1. The van der Waals surface area contributed by atoms with Crippen molar-refractivity contribution >= 4 is 27.3 Å². The molecule has 4 nitrogen and oxygen atoms in total. The summed E-state index contributed by atoms with van der Waals surface area (Å²) in [6.07, 6.45) is 2.97. The third kappa shape index (κ3) is 3.04. The Kier molecular flexibility index (Phi) is 4.38. The van der Waals surface area contributed by atoms with Gasteiger partial charge in [-0.1, -0.05) is 24.9 Å². The Morgan fingerprint density at radius 2 is 2.00 bits per heavy atom. The Labute approximate surface area is 119 Å². The summed E-state index contributed by atoms with van der Waals surface area (Å²) >= 11 is 5.90. The van der Waals surface area contributed by atoms with Gasteiger partial charge in [-0.3, -0.25) is 0 Å². The van der Waals surface area contributed by atoms with Crippen molar-refractivity contribution in [1.29, 1.82) is 0 Å². The molecule has 0 spiro atoms. The minimum absolute atomic E-state index is 0.224. The zero-order chi connectivity index (χ0) is 14.0. The molecule has 1 saturated heterocycles. The summed E-state index contributed by atoms with van der Waals surface area (Å²) in [7, 11) is -3.44. The summed E-state index contributed by atoms with van der Waals surface area (Å²) in [6.45, 7) is 3.32.